The highest BCUT2D eigenvalue weighted by molar-refractivity contribution is 7.13. The molecule has 0 unspecified atom stereocenters. The molecule has 0 saturated carbocycles. The quantitative estimate of drug-likeness (QED) is 0.861. The van der Waals surface area contributed by atoms with Crippen molar-refractivity contribution in [2.75, 3.05) is 19.6 Å². The van der Waals surface area contributed by atoms with Gasteiger partial charge >= 0.3 is 0 Å². The maximum absolute atomic E-state index is 12.4. The molecule has 3 nitrogen and oxygen atoms in total. The second-order valence-corrected chi connectivity index (χ2v) is 6.41. The van der Waals surface area contributed by atoms with Crippen molar-refractivity contribution >= 4 is 17.2 Å². The molecule has 22 heavy (non-hydrogen) atoms. The van der Waals surface area contributed by atoms with Gasteiger partial charge in [0.1, 0.15) is 0 Å². The van der Waals surface area contributed by atoms with E-state index in [9.17, 15) is 4.79 Å². The molecule has 0 radical (unpaired) electrons. The molecule has 1 aliphatic heterocycles. The number of thiophene rings is 1. The van der Waals surface area contributed by atoms with E-state index in [0.717, 1.165) is 19.5 Å². The summed E-state index contributed by atoms with van der Waals surface area (Å²) in [5.41, 5.74) is 2.42. The van der Waals surface area contributed by atoms with Gasteiger partial charge in [0, 0.05) is 24.5 Å². The van der Waals surface area contributed by atoms with E-state index in [-0.39, 0.29) is 11.9 Å². The molecule has 2 heterocycles. The van der Waals surface area contributed by atoms with Gasteiger partial charge in [-0.1, -0.05) is 36.4 Å². The van der Waals surface area contributed by atoms with Gasteiger partial charge in [-0.2, -0.15) is 0 Å². The fourth-order valence-electron chi connectivity index (χ4n) is 2.77. The van der Waals surface area contributed by atoms with Crippen molar-refractivity contribution in [2.45, 2.75) is 12.5 Å². The van der Waals surface area contributed by atoms with Crippen molar-refractivity contribution in [3.8, 4) is 10.4 Å². The van der Waals surface area contributed by atoms with Crippen molar-refractivity contribution in [2.24, 2.45) is 0 Å². The van der Waals surface area contributed by atoms with Crippen LogP contribution >= 0.6 is 11.3 Å². The predicted octanol–water partition coefficient (Wildman–Crippen LogP) is 2.94. The van der Waals surface area contributed by atoms with Crippen molar-refractivity contribution in [3.05, 3.63) is 60.0 Å². The molecular formula is C18H20N2OS. The summed E-state index contributed by atoms with van der Waals surface area (Å²) in [4.78, 5) is 15.5. The summed E-state index contributed by atoms with van der Waals surface area (Å²) in [6, 6.07) is 12.6. The molecule has 1 fully saturated rings. The lowest BCUT2D eigenvalue weighted by Gasteiger charge is -2.32. The van der Waals surface area contributed by atoms with Gasteiger partial charge in [-0.05, 0) is 29.0 Å². The van der Waals surface area contributed by atoms with Gasteiger partial charge in [-0.25, -0.2) is 0 Å². The highest BCUT2D eigenvalue weighted by atomic mass is 32.1. The van der Waals surface area contributed by atoms with E-state index in [1.807, 2.05) is 4.90 Å². The summed E-state index contributed by atoms with van der Waals surface area (Å²) in [6.45, 7) is 5.96. The Balaban J connectivity index is 1.67. The first kappa shape index (κ1) is 15.0. The van der Waals surface area contributed by atoms with Crippen LogP contribution < -0.4 is 5.32 Å². The van der Waals surface area contributed by atoms with E-state index in [1.54, 1.807) is 17.4 Å². The second-order valence-electron chi connectivity index (χ2n) is 5.46. The van der Waals surface area contributed by atoms with Crippen LogP contribution in [0, 0.1) is 0 Å². The molecule has 114 valence electrons. The standard InChI is InChI=1S/C18H20N2OS/c1-2-10-20-11-9-19-16(18(20)21)13-14-5-7-15(8-6-14)17-4-3-12-22-17/h2-8,12,16,19H,1,9-11,13H2/t16-/m1/s1. The molecule has 1 N–H and O–H groups in total. The van der Waals surface area contributed by atoms with Gasteiger partial charge in [0.2, 0.25) is 5.91 Å². The third kappa shape index (κ3) is 3.29. The second kappa shape index (κ2) is 6.90. The molecule has 1 saturated heterocycles. The lowest BCUT2D eigenvalue weighted by molar-refractivity contribution is -0.135. The van der Waals surface area contributed by atoms with Gasteiger partial charge in [0.25, 0.3) is 0 Å². The van der Waals surface area contributed by atoms with Gasteiger partial charge in [0.05, 0.1) is 6.04 Å². The van der Waals surface area contributed by atoms with E-state index < -0.39 is 0 Å². The number of piperazine rings is 1. The molecule has 2 aromatic rings. The molecule has 1 aromatic carbocycles. The van der Waals surface area contributed by atoms with E-state index in [1.165, 1.54) is 16.0 Å². The SMILES string of the molecule is C=CCN1CCN[C@H](Cc2ccc(-c3cccs3)cc2)C1=O. The highest BCUT2D eigenvalue weighted by Gasteiger charge is 2.27. The normalized spacial score (nSPS) is 18.5. The molecule has 1 amide bonds. The molecule has 0 bridgehead atoms. The Morgan fingerprint density at radius 1 is 1.32 bits per heavy atom. The minimum absolute atomic E-state index is 0.124. The Kier molecular flexibility index (Phi) is 4.71. The summed E-state index contributed by atoms with van der Waals surface area (Å²) in [5.74, 6) is 0.175. The van der Waals surface area contributed by atoms with E-state index in [0.29, 0.717) is 6.54 Å². The number of carbonyl (C=O) groups excluding carboxylic acids is 1. The maximum Gasteiger partial charge on any atom is 0.240 e. The van der Waals surface area contributed by atoms with Gasteiger partial charge in [0.15, 0.2) is 0 Å². The summed E-state index contributed by atoms with van der Waals surface area (Å²) >= 11 is 1.74. The van der Waals surface area contributed by atoms with E-state index >= 15 is 0 Å². The lowest BCUT2D eigenvalue weighted by Crippen LogP contribution is -2.55. The maximum atomic E-state index is 12.4. The van der Waals surface area contributed by atoms with Crippen molar-refractivity contribution in [1.82, 2.24) is 10.2 Å². The fraction of sp³-hybridized carbons (Fsp3) is 0.278. The average molecular weight is 312 g/mol. The van der Waals surface area contributed by atoms with Crippen LogP contribution in [0.4, 0.5) is 0 Å². The summed E-state index contributed by atoms with van der Waals surface area (Å²) in [6.07, 6.45) is 2.52. The predicted molar refractivity (Wildman–Crippen MR) is 92.0 cm³/mol. The summed E-state index contributed by atoms with van der Waals surface area (Å²) in [5, 5.41) is 5.41. The fourth-order valence-corrected chi connectivity index (χ4v) is 3.50. The van der Waals surface area contributed by atoms with Crippen LogP contribution in [0.15, 0.2) is 54.4 Å². The number of nitrogens with one attached hydrogen (secondary N) is 1. The van der Waals surface area contributed by atoms with Crippen LogP contribution in [-0.2, 0) is 11.2 Å². The largest absolute Gasteiger partial charge is 0.336 e. The molecule has 0 spiro atoms. The average Bonchev–Trinajstić information content (AvgIpc) is 3.07. The number of hydrogen-bond acceptors (Lipinski definition) is 3. The highest BCUT2D eigenvalue weighted by Crippen LogP contribution is 2.25. The third-order valence-electron chi connectivity index (χ3n) is 3.93. The minimum Gasteiger partial charge on any atom is -0.336 e. The number of rotatable bonds is 5. The zero-order valence-electron chi connectivity index (χ0n) is 12.5. The number of hydrogen-bond donors (Lipinski definition) is 1. The van der Waals surface area contributed by atoms with Crippen LogP contribution in [0.1, 0.15) is 5.56 Å². The lowest BCUT2D eigenvalue weighted by atomic mass is 10.0. The topological polar surface area (TPSA) is 32.3 Å². The van der Waals surface area contributed by atoms with Crippen LogP contribution in [0.5, 0.6) is 0 Å². The molecule has 1 atom stereocenters. The Hall–Kier alpha value is -1.91. The van der Waals surface area contributed by atoms with Crippen LogP contribution in [-0.4, -0.2) is 36.5 Å². The van der Waals surface area contributed by atoms with E-state index in [2.05, 4.69) is 53.7 Å². The number of carbonyl (C=O) groups is 1. The molecule has 1 aromatic heterocycles. The van der Waals surface area contributed by atoms with Crippen LogP contribution in [0.25, 0.3) is 10.4 Å². The van der Waals surface area contributed by atoms with Gasteiger partial charge < -0.3 is 10.2 Å². The molecular weight excluding hydrogens is 292 g/mol. The summed E-state index contributed by atoms with van der Waals surface area (Å²) < 4.78 is 0. The van der Waals surface area contributed by atoms with Crippen molar-refractivity contribution in [1.29, 1.82) is 0 Å². The third-order valence-corrected chi connectivity index (χ3v) is 4.85. The molecule has 0 aliphatic carbocycles. The molecule has 4 heteroatoms. The minimum atomic E-state index is -0.124. The zero-order chi connectivity index (χ0) is 15.4. The first-order chi connectivity index (χ1) is 10.8. The first-order valence-corrected chi connectivity index (χ1v) is 8.42. The van der Waals surface area contributed by atoms with Gasteiger partial charge in [-0.15, -0.1) is 17.9 Å². The van der Waals surface area contributed by atoms with E-state index in [4.69, 9.17) is 0 Å². The Morgan fingerprint density at radius 3 is 2.82 bits per heavy atom. The molecule has 1 aliphatic rings. The Labute approximate surface area is 135 Å². The monoisotopic (exact) mass is 312 g/mol. The van der Waals surface area contributed by atoms with Crippen molar-refractivity contribution in [3.63, 3.8) is 0 Å². The smallest absolute Gasteiger partial charge is 0.240 e. The van der Waals surface area contributed by atoms with Gasteiger partial charge in [-0.3, -0.25) is 4.79 Å². The van der Waals surface area contributed by atoms with Crippen LogP contribution in [0.3, 0.4) is 0 Å². The van der Waals surface area contributed by atoms with Crippen LogP contribution in [0.2, 0.25) is 0 Å². The Morgan fingerprint density at radius 2 is 2.14 bits per heavy atom. The molecule has 3 rings (SSSR count). The first-order valence-electron chi connectivity index (χ1n) is 7.54. The zero-order valence-corrected chi connectivity index (χ0v) is 13.3. The number of nitrogens with zero attached hydrogens (tertiary/aromatic N) is 1. The number of amides is 1. The summed E-state index contributed by atoms with van der Waals surface area (Å²) in [7, 11) is 0. The number of benzene rings is 1. The van der Waals surface area contributed by atoms with Crippen molar-refractivity contribution < 1.29 is 4.79 Å². The Bertz CT molecular complexity index is 634.